The highest BCUT2D eigenvalue weighted by atomic mass is 16.5. The molecule has 0 fully saturated rings. The van der Waals surface area contributed by atoms with E-state index in [-0.39, 0.29) is 12.5 Å². The van der Waals surface area contributed by atoms with Gasteiger partial charge in [-0.1, -0.05) is 24.3 Å². The summed E-state index contributed by atoms with van der Waals surface area (Å²) in [6.45, 7) is 2.55. The zero-order valence-electron chi connectivity index (χ0n) is 9.72. The molecule has 0 saturated heterocycles. The van der Waals surface area contributed by atoms with E-state index in [0.717, 1.165) is 6.42 Å². The molecule has 0 spiro atoms. The van der Waals surface area contributed by atoms with Crippen LogP contribution in [0.2, 0.25) is 0 Å². The maximum absolute atomic E-state index is 10.5. The van der Waals surface area contributed by atoms with Crippen LogP contribution >= 0.6 is 0 Å². The molecule has 4 heteroatoms. The van der Waals surface area contributed by atoms with Crippen LogP contribution in [0.3, 0.4) is 0 Å². The van der Waals surface area contributed by atoms with Gasteiger partial charge in [-0.2, -0.15) is 0 Å². The molecule has 1 heterocycles. The highest BCUT2D eigenvalue weighted by molar-refractivity contribution is 5.94. The van der Waals surface area contributed by atoms with Crippen LogP contribution in [0.1, 0.15) is 17.5 Å². The summed E-state index contributed by atoms with van der Waals surface area (Å²) in [5.41, 5.74) is 2.47. The van der Waals surface area contributed by atoms with E-state index in [2.05, 4.69) is 24.0 Å². The molecule has 1 aromatic carbocycles. The molecule has 17 heavy (non-hydrogen) atoms. The molecule has 1 N–H and O–H groups in total. The Morgan fingerprint density at radius 1 is 1.53 bits per heavy atom. The molecule has 2 rings (SSSR count). The zero-order valence-corrected chi connectivity index (χ0v) is 9.72. The summed E-state index contributed by atoms with van der Waals surface area (Å²) in [7, 11) is 0. The molecule has 0 bridgehead atoms. The number of aliphatic imine (C=N–C) groups is 1. The van der Waals surface area contributed by atoms with Gasteiger partial charge in [0.15, 0.2) is 5.90 Å². The van der Waals surface area contributed by atoms with Gasteiger partial charge in [0, 0.05) is 0 Å². The third-order valence-corrected chi connectivity index (χ3v) is 2.79. The lowest BCUT2D eigenvalue weighted by molar-refractivity contribution is -0.135. The van der Waals surface area contributed by atoms with Gasteiger partial charge >= 0.3 is 5.97 Å². The second kappa shape index (κ2) is 4.99. The quantitative estimate of drug-likeness (QED) is 0.862. The van der Waals surface area contributed by atoms with Gasteiger partial charge < -0.3 is 9.84 Å². The molecule has 0 amide bonds. The standard InChI is InChI=1S/C13H15NO3/c1-9-4-2-3-5-10(9)6-11-8-17-12(14-11)7-13(15)16/h2-5,11H,6-8H2,1H3,(H,15,16). The number of hydrogen-bond donors (Lipinski definition) is 1. The van der Waals surface area contributed by atoms with Crippen LogP contribution in [0, 0.1) is 6.92 Å². The van der Waals surface area contributed by atoms with Crippen LogP contribution in [0.5, 0.6) is 0 Å². The van der Waals surface area contributed by atoms with Crippen molar-refractivity contribution in [3.05, 3.63) is 35.4 Å². The fourth-order valence-electron chi connectivity index (χ4n) is 1.89. The van der Waals surface area contributed by atoms with E-state index in [1.165, 1.54) is 11.1 Å². The predicted octanol–water partition coefficient (Wildman–Crippen LogP) is 1.81. The molecule has 0 aliphatic carbocycles. The van der Waals surface area contributed by atoms with Gasteiger partial charge in [-0.3, -0.25) is 4.79 Å². The van der Waals surface area contributed by atoms with E-state index in [9.17, 15) is 4.79 Å². The van der Waals surface area contributed by atoms with E-state index < -0.39 is 5.97 Å². The third kappa shape index (κ3) is 3.06. The lowest BCUT2D eigenvalue weighted by atomic mass is 10.0. The number of hydrogen-bond acceptors (Lipinski definition) is 3. The zero-order chi connectivity index (χ0) is 12.3. The van der Waals surface area contributed by atoms with Gasteiger partial charge in [-0.25, -0.2) is 4.99 Å². The van der Waals surface area contributed by atoms with Crippen molar-refractivity contribution >= 4 is 11.9 Å². The second-order valence-electron chi connectivity index (χ2n) is 4.19. The van der Waals surface area contributed by atoms with E-state index >= 15 is 0 Å². The van der Waals surface area contributed by atoms with Crippen molar-refractivity contribution in [3.63, 3.8) is 0 Å². The molecule has 1 unspecified atom stereocenters. The fourth-order valence-corrected chi connectivity index (χ4v) is 1.89. The predicted molar refractivity (Wildman–Crippen MR) is 64.3 cm³/mol. The summed E-state index contributed by atoms with van der Waals surface area (Å²) in [5, 5.41) is 8.63. The van der Waals surface area contributed by atoms with Crippen LogP contribution in [0.15, 0.2) is 29.3 Å². The average molecular weight is 233 g/mol. The van der Waals surface area contributed by atoms with Crippen molar-refractivity contribution in [2.75, 3.05) is 6.61 Å². The van der Waals surface area contributed by atoms with Crippen molar-refractivity contribution in [1.82, 2.24) is 0 Å². The molecule has 4 nitrogen and oxygen atoms in total. The van der Waals surface area contributed by atoms with Crippen molar-refractivity contribution in [3.8, 4) is 0 Å². The number of aryl methyl sites for hydroxylation is 1. The SMILES string of the molecule is Cc1ccccc1CC1COC(CC(=O)O)=N1. The largest absolute Gasteiger partial charge is 0.481 e. The van der Waals surface area contributed by atoms with E-state index in [0.29, 0.717) is 12.5 Å². The lowest BCUT2D eigenvalue weighted by Crippen LogP contribution is -2.10. The molecule has 1 atom stereocenters. The lowest BCUT2D eigenvalue weighted by Gasteiger charge is -2.07. The number of rotatable bonds is 4. The fraction of sp³-hybridized carbons (Fsp3) is 0.385. The molecule has 90 valence electrons. The topological polar surface area (TPSA) is 58.9 Å². The minimum atomic E-state index is -0.903. The number of nitrogens with zero attached hydrogens (tertiary/aromatic N) is 1. The smallest absolute Gasteiger partial charge is 0.312 e. The monoisotopic (exact) mass is 233 g/mol. The van der Waals surface area contributed by atoms with Gasteiger partial charge in [-0.15, -0.1) is 0 Å². The molecule has 1 aliphatic rings. The van der Waals surface area contributed by atoms with Gasteiger partial charge in [0.2, 0.25) is 0 Å². The Balaban J connectivity index is 2.00. The molecule has 1 aliphatic heterocycles. The van der Waals surface area contributed by atoms with Crippen molar-refractivity contribution in [2.24, 2.45) is 4.99 Å². The Morgan fingerprint density at radius 3 is 3.00 bits per heavy atom. The van der Waals surface area contributed by atoms with Crippen molar-refractivity contribution in [2.45, 2.75) is 25.8 Å². The van der Waals surface area contributed by atoms with Crippen molar-refractivity contribution < 1.29 is 14.6 Å². The van der Waals surface area contributed by atoms with E-state index in [4.69, 9.17) is 9.84 Å². The van der Waals surface area contributed by atoms with Gasteiger partial charge in [0.05, 0.1) is 6.04 Å². The third-order valence-electron chi connectivity index (χ3n) is 2.79. The Morgan fingerprint density at radius 2 is 2.29 bits per heavy atom. The first-order chi connectivity index (χ1) is 8.15. The Labute approximate surface area is 99.9 Å². The molecular weight excluding hydrogens is 218 g/mol. The summed E-state index contributed by atoms with van der Waals surface area (Å²) in [6, 6.07) is 8.18. The Bertz CT molecular complexity index is 454. The first-order valence-corrected chi connectivity index (χ1v) is 5.61. The summed E-state index contributed by atoms with van der Waals surface area (Å²) in [5.74, 6) is -0.559. The van der Waals surface area contributed by atoms with Crippen LogP contribution in [-0.2, 0) is 16.0 Å². The molecule has 0 saturated carbocycles. The first-order valence-electron chi connectivity index (χ1n) is 5.61. The molecule has 0 aromatic heterocycles. The van der Waals surface area contributed by atoms with Gasteiger partial charge in [0.1, 0.15) is 13.0 Å². The molecule has 1 aromatic rings. The molecular formula is C13H15NO3. The normalized spacial score (nSPS) is 18.6. The number of carboxylic acid groups (broad SMARTS) is 1. The van der Waals surface area contributed by atoms with Gasteiger partial charge in [0.25, 0.3) is 0 Å². The highest BCUT2D eigenvalue weighted by Crippen LogP contribution is 2.15. The van der Waals surface area contributed by atoms with Crippen LogP contribution in [0.4, 0.5) is 0 Å². The summed E-state index contributed by atoms with van der Waals surface area (Å²) < 4.78 is 5.26. The number of ether oxygens (including phenoxy) is 1. The average Bonchev–Trinajstić information content (AvgIpc) is 2.68. The Hall–Kier alpha value is -1.84. The number of benzene rings is 1. The number of carbonyl (C=O) groups is 1. The van der Waals surface area contributed by atoms with Gasteiger partial charge in [-0.05, 0) is 24.5 Å². The number of aliphatic carboxylic acids is 1. The highest BCUT2D eigenvalue weighted by Gasteiger charge is 2.21. The second-order valence-corrected chi connectivity index (χ2v) is 4.19. The minimum Gasteiger partial charge on any atom is -0.481 e. The molecule has 0 radical (unpaired) electrons. The maximum Gasteiger partial charge on any atom is 0.312 e. The summed E-state index contributed by atoms with van der Waals surface area (Å²) in [4.78, 5) is 14.8. The van der Waals surface area contributed by atoms with E-state index in [1.54, 1.807) is 0 Å². The number of carboxylic acids is 1. The van der Waals surface area contributed by atoms with Crippen LogP contribution in [-0.4, -0.2) is 29.6 Å². The maximum atomic E-state index is 10.5. The minimum absolute atomic E-state index is 0.0467. The van der Waals surface area contributed by atoms with Crippen LogP contribution in [0.25, 0.3) is 0 Å². The summed E-state index contributed by atoms with van der Waals surface area (Å²) in [6.07, 6.45) is 0.681. The summed E-state index contributed by atoms with van der Waals surface area (Å²) >= 11 is 0. The first kappa shape index (κ1) is 11.6. The van der Waals surface area contributed by atoms with Crippen molar-refractivity contribution in [1.29, 1.82) is 0 Å². The van der Waals surface area contributed by atoms with E-state index in [1.807, 2.05) is 12.1 Å². The Kier molecular flexibility index (Phi) is 3.42. The van der Waals surface area contributed by atoms with Crippen LogP contribution < -0.4 is 0 Å².